The summed E-state index contributed by atoms with van der Waals surface area (Å²) >= 11 is 3.75. The zero-order valence-electron chi connectivity index (χ0n) is 11.7. The van der Waals surface area contributed by atoms with Crippen molar-refractivity contribution in [2.75, 3.05) is 5.33 Å². The molecule has 0 spiro atoms. The van der Waals surface area contributed by atoms with E-state index in [9.17, 15) is 0 Å². The Kier molecular flexibility index (Phi) is 4.81. The van der Waals surface area contributed by atoms with Gasteiger partial charge >= 0.3 is 0 Å². The van der Waals surface area contributed by atoms with E-state index in [0.29, 0.717) is 0 Å². The number of rotatable bonds is 5. The molecule has 0 aliphatic rings. The molecule has 0 aliphatic carbocycles. The zero-order valence-corrected chi connectivity index (χ0v) is 13.3. The summed E-state index contributed by atoms with van der Waals surface area (Å²) in [7, 11) is 0. The first-order valence-corrected chi connectivity index (χ1v) is 8.00. The van der Waals surface area contributed by atoms with Gasteiger partial charge in [0.1, 0.15) is 0 Å². The smallest absolute Gasteiger partial charge is 0.0132 e. The third-order valence-corrected chi connectivity index (χ3v) is 5.18. The molecule has 0 nitrogen and oxygen atoms in total. The average Bonchev–Trinajstić information content (AvgIpc) is 2.48. The molecule has 1 heteroatoms. The Balaban J connectivity index is 2.38. The summed E-state index contributed by atoms with van der Waals surface area (Å²) < 4.78 is 0. The lowest BCUT2D eigenvalue weighted by molar-refractivity contribution is 0.463. The van der Waals surface area contributed by atoms with E-state index in [4.69, 9.17) is 0 Å². The molecule has 2 aromatic rings. The summed E-state index contributed by atoms with van der Waals surface area (Å²) in [6, 6.07) is 19.6. The maximum absolute atomic E-state index is 3.75. The van der Waals surface area contributed by atoms with Gasteiger partial charge in [-0.1, -0.05) is 77.5 Å². The van der Waals surface area contributed by atoms with Crippen LogP contribution in [0.3, 0.4) is 0 Å². The van der Waals surface area contributed by atoms with Crippen molar-refractivity contribution in [2.24, 2.45) is 0 Å². The number of hydrogen-bond donors (Lipinski definition) is 0. The first-order chi connectivity index (χ1) is 9.22. The topological polar surface area (TPSA) is 0 Å². The van der Waals surface area contributed by atoms with Gasteiger partial charge in [0.05, 0.1) is 0 Å². The maximum Gasteiger partial charge on any atom is 0.0132 e. The van der Waals surface area contributed by atoms with Crippen molar-refractivity contribution < 1.29 is 0 Å². The average molecular weight is 317 g/mol. The summed E-state index contributed by atoms with van der Waals surface area (Å²) in [5.41, 5.74) is 4.45. The standard InChI is InChI=1S/C18H21Br/c1-3-18(14-19,17-11-5-4-6-12-17)13-16-10-8-7-9-15(16)2/h4-12H,3,13-14H2,1-2H3. The molecule has 0 saturated heterocycles. The lowest BCUT2D eigenvalue weighted by Crippen LogP contribution is -2.30. The van der Waals surface area contributed by atoms with Gasteiger partial charge in [-0.05, 0) is 36.5 Å². The number of hydrogen-bond acceptors (Lipinski definition) is 0. The summed E-state index contributed by atoms with van der Waals surface area (Å²) in [6.07, 6.45) is 2.22. The third-order valence-electron chi connectivity index (χ3n) is 4.11. The quantitative estimate of drug-likeness (QED) is 0.658. The van der Waals surface area contributed by atoms with Crippen LogP contribution in [0.15, 0.2) is 54.6 Å². The fourth-order valence-electron chi connectivity index (χ4n) is 2.61. The normalized spacial score (nSPS) is 14.1. The van der Waals surface area contributed by atoms with E-state index in [1.54, 1.807) is 0 Å². The second-order valence-corrected chi connectivity index (χ2v) is 5.80. The minimum absolute atomic E-state index is 0.188. The molecule has 0 saturated carbocycles. The van der Waals surface area contributed by atoms with E-state index < -0.39 is 0 Å². The van der Waals surface area contributed by atoms with Crippen LogP contribution >= 0.6 is 15.9 Å². The van der Waals surface area contributed by atoms with Crippen molar-refractivity contribution in [3.63, 3.8) is 0 Å². The SMILES string of the molecule is CCC(CBr)(Cc1ccccc1C)c1ccccc1. The second-order valence-electron chi connectivity index (χ2n) is 5.24. The van der Waals surface area contributed by atoms with Crippen LogP contribution in [-0.4, -0.2) is 5.33 Å². The second kappa shape index (κ2) is 6.38. The van der Waals surface area contributed by atoms with E-state index in [-0.39, 0.29) is 5.41 Å². The maximum atomic E-state index is 3.75. The van der Waals surface area contributed by atoms with Crippen LogP contribution in [0.1, 0.15) is 30.0 Å². The monoisotopic (exact) mass is 316 g/mol. The molecule has 0 bridgehead atoms. The fraction of sp³-hybridized carbons (Fsp3) is 0.333. The predicted octanol–water partition coefficient (Wildman–Crippen LogP) is 5.28. The van der Waals surface area contributed by atoms with Crippen molar-refractivity contribution in [3.8, 4) is 0 Å². The molecule has 0 radical (unpaired) electrons. The van der Waals surface area contributed by atoms with Crippen LogP contribution in [0.5, 0.6) is 0 Å². The summed E-state index contributed by atoms with van der Waals surface area (Å²) in [4.78, 5) is 0. The first-order valence-electron chi connectivity index (χ1n) is 6.88. The molecule has 0 heterocycles. The van der Waals surface area contributed by atoms with Gasteiger partial charge in [0.15, 0.2) is 0 Å². The Morgan fingerprint density at radius 1 is 0.947 bits per heavy atom. The van der Waals surface area contributed by atoms with Crippen LogP contribution in [0.25, 0.3) is 0 Å². The van der Waals surface area contributed by atoms with Crippen molar-refractivity contribution in [3.05, 3.63) is 71.3 Å². The summed E-state index contributed by atoms with van der Waals surface area (Å²) in [5, 5.41) is 0.995. The number of benzene rings is 2. The van der Waals surface area contributed by atoms with Crippen LogP contribution in [0.4, 0.5) is 0 Å². The van der Waals surface area contributed by atoms with Gasteiger partial charge in [0.25, 0.3) is 0 Å². The molecule has 19 heavy (non-hydrogen) atoms. The van der Waals surface area contributed by atoms with Gasteiger partial charge in [0, 0.05) is 10.7 Å². The van der Waals surface area contributed by atoms with Crippen molar-refractivity contribution in [1.82, 2.24) is 0 Å². The lowest BCUT2D eigenvalue weighted by Gasteiger charge is -2.32. The minimum atomic E-state index is 0.188. The fourth-order valence-corrected chi connectivity index (χ4v) is 3.53. The number of alkyl halides is 1. The Bertz CT molecular complexity index is 512. The van der Waals surface area contributed by atoms with Crippen LogP contribution in [0, 0.1) is 6.92 Å². The highest BCUT2D eigenvalue weighted by Crippen LogP contribution is 2.34. The molecule has 2 aromatic carbocycles. The highest BCUT2D eigenvalue weighted by molar-refractivity contribution is 9.09. The van der Waals surface area contributed by atoms with Crippen molar-refractivity contribution in [1.29, 1.82) is 0 Å². The van der Waals surface area contributed by atoms with Gasteiger partial charge in [-0.2, -0.15) is 0 Å². The molecule has 0 amide bonds. The molecule has 2 rings (SSSR count). The first kappa shape index (κ1) is 14.3. The largest absolute Gasteiger partial charge is 0.0918 e. The highest BCUT2D eigenvalue weighted by atomic mass is 79.9. The predicted molar refractivity (Wildman–Crippen MR) is 87.1 cm³/mol. The Morgan fingerprint density at radius 3 is 2.16 bits per heavy atom. The van der Waals surface area contributed by atoms with Crippen molar-refractivity contribution >= 4 is 15.9 Å². The Morgan fingerprint density at radius 2 is 1.58 bits per heavy atom. The van der Waals surface area contributed by atoms with Gasteiger partial charge < -0.3 is 0 Å². The Hall–Kier alpha value is -1.08. The van der Waals surface area contributed by atoms with Crippen LogP contribution in [0.2, 0.25) is 0 Å². The molecular weight excluding hydrogens is 296 g/mol. The number of aryl methyl sites for hydroxylation is 1. The molecule has 0 aliphatic heterocycles. The highest BCUT2D eigenvalue weighted by Gasteiger charge is 2.29. The molecular formula is C18H21Br. The van der Waals surface area contributed by atoms with Gasteiger partial charge in [0.2, 0.25) is 0 Å². The van der Waals surface area contributed by atoms with E-state index in [0.717, 1.165) is 18.2 Å². The van der Waals surface area contributed by atoms with Gasteiger partial charge in [-0.25, -0.2) is 0 Å². The zero-order chi connectivity index (χ0) is 13.7. The molecule has 0 N–H and O–H groups in total. The molecule has 0 aromatic heterocycles. The Labute approximate surface area is 125 Å². The summed E-state index contributed by atoms with van der Waals surface area (Å²) in [5.74, 6) is 0. The molecule has 1 unspecified atom stereocenters. The minimum Gasteiger partial charge on any atom is -0.0918 e. The van der Waals surface area contributed by atoms with E-state index in [1.807, 2.05) is 0 Å². The molecule has 100 valence electrons. The van der Waals surface area contributed by atoms with Crippen LogP contribution < -0.4 is 0 Å². The lowest BCUT2D eigenvalue weighted by atomic mass is 9.74. The van der Waals surface area contributed by atoms with E-state index in [2.05, 4.69) is 84.4 Å². The van der Waals surface area contributed by atoms with Crippen LogP contribution in [-0.2, 0) is 11.8 Å². The van der Waals surface area contributed by atoms with Gasteiger partial charge in [-0.15, -0.1) is 0 Å². The van der Waals surface area contributed by atoms with Crippen molar-refractivity contribution in [2.45, 2.75) is 32.1 Å². The molecule has 0 fully saturated rings. The van der Waals surface area contributed by atoms with E-state index >= 15 is 0 Å². The van der Waals surface area contributed by atoms with Gasteiger partial charge in [-0.3, -0.25) is 0 Å². The summed E-state index contributed by atoms with van der Waals surface area (Å²) in [6.45, 7) is 4.49. The molecule has 1 atom stereocenters. The van der Waals surface area contributed by atoms with E-state index in [1.165, 1.54) is 16.7 Å². The third kappa shape index (κ3) is 3.09. The number of halogens is 1.